The quantitative estimate of drug-likeness (QED) is 0.662. The van der Waals surface area contributed by atoms with Crippen LogP contribution in [0.1, 0.15) is 59.3 Å². The van der Waals surface area contributed by atoms with E-state index in [1.165, 1.54) is 4.90 Å². The molecule has 1 atom stereocenters. The molecule has 0 bridgehead atoms. The second-order valence-corrected chi connectivity index (χ2v) is 5.41. The Morgan fingerprint density at radius 3 is 1.70 bits per heavy atom. The van der Waals surface area contributed by atoms with E-state index >= 15 is 0 Å². The van der Waals surface area contributed by atoms with Crippen LogP contribution < -0.4 is 5.73 Å². The van der Waals surface area contributed by atoms with E-state index < -0.39 is 17.6 Å². The predicted octanol–water partition coefficient (Wildman–Crippen LogP) is 3.48. The van der Waals surface area contributed by atoms with Gasteiger partial charge in [-0.15, -0.1) is 0 Å². The third-order valence-electron chi connectivity index (χ3n) is 3.38. The molecule has 1 amide bonds. The van der Waals surface area contributed by atoms with Gasteiger partial charge in [-0.05, 0) is 19.8 Å². The van der Waals surface area contributed by atoms with E-state index in [-0.39, 0.29) is 0 Å². The lowest BCUT2D eigenvalue weighted by atomic mass is 10.0. The van der Waals surface area contributed by atoms with E-state index in [9.17, 15) is 18.0 Å². The van der Waals surface area contributed by atoms with E-state index in [2.05, 4.69) is 0 Å². The minimum absolute atomic E-state index is 0.346. The number of carbonyl (C=O) groups is 1. The molecule has 0 aromatic rings. The molecule has 0 spiro atoms. The minimum atomic E-state index is -4.72. The number of alkyl halides is 3. The number of nitrogens with zero attached hydrogens (tertiary/aromatic N) is 1. The Kier molecular flexibility index (Phi) is 8.16. The molecule has 0 aliphatic heterocycles. The van der Waals surface area contributed by atoms with Gasteiger partial charge in [-0.2, -0.15) is 13.2 Å². The van der Waals surface area contributed by atoms with Crippen LogP contribution in [0.15, 0.2) is 0 Å². The van der Waals surface area contributed by atoms with Gasteiger partial charge in [0.1, 0.15) is 0 Å². The number of carbonyl (C=O) groups excluding carboxylic acids is 1. The summed E-state index contributed by atoms with van der Waals surface area (Å²) in [5, 5.41) is 0. The highest BCUT2D eigenvalue weighted by Gasteiger charge is 2.55. The van der Waals surface area contributed by atoms with E-state index in [1.54, 1.807) is 0 Å². The fraction of sp³-hybridized carbons (Fsp3) is 0.929. The summed E-state index contributed by atoms with van der Waals surface area (Å²) < 4.78 is 38.5. The normalized spacial score (nSPS) is 14.9. The molecule has 20 heavy (non-hydrogen) atoms. The number of nitrogens with two attached hydrogens (primary N) is 1. The standard InChI is InChI=1S/C14H27F3N2O/c1-4-6-8-10-19(11-9-7-5-2)12(20)13(3,18)14(15,16)17/h4-11,18H2,1-3H3. The second kappa shape index (κ2) is 8.49. The van der Waals surface area contributed by atoms with Crippen molar-refractivity contribution < 1.29 is 18.0 Å². The Morgan fingerprint density at radius 2 is 1.40 bits per heavy atom. The highest BCUT2D eigenvalue weighted by Crippen LogP contribution is 2.29. The first-order valence-corrected chi connectivity index (χ1v) is 7.33. The molecule has 0 heterocycles. The van der Waals surface area contributed by atoms with E-state index in [0.29, 0.717) is 25.9 Å². The molecule has 120 valence electrons. The van der Waals surface area contributed by atoms with E-state index in [0.717, 1.165) is 32.6 Å². The predicted molar refractivity (Wildman–Crippen MR) is 74.3 cm³/mol. The van der Waals surface area contributed by atoms with Crippen molar-refractivity contribution in [3.8, 4) is 0 Å². The van der Waals surface area contributed by atoms with Gasteiger partial charge in [0.2, 0.25) is 0 Å². The van der Waals surface area contributed by atoms with Gasteiger partial charge in [0, 0.05) is 13.1 Å². The number of hydrogen-bond donors (Lipinski definition) is 1. The maximum absolute atomic E-state index is 12.8. The largest absolute Gasteiger partial charge is 0.415 e. The summed E-state index contributed by atoms with van der Waals surface area (Å²) in [5.74, 6) is -1.02. The van der Waals surface area contributed by atoms with Crippen LogP contribution in [-0.2, 0) is 4.79 Å². The Balaban J connectivity index is 4.76. The molecule has 0 aliphatic rings. The number of hydrogen-bond acceptors (Lipinski definition) is 2. The molecule has 0 rings (SSSR count). The summed E-state index contributed by atoms with van der Waals surface area (Å²) in [6.07, 6.45) is 0.393. The Bertz CT molecular complexity index is 281. The van der Waals surface area contributed by atoms with Crippen molar-refractivity contribution in [1.29, 1.82) is 0 Å². The highest BCUT2D eigenvalue weighted by atomic mass is 19.4. The topological polar surface area (TPSA) is 46.3 Å². The van der Waals surface area contributed by atoms with Crippen LogP contribution >= 0.6 is 0 Å². The zero-order valence-corrected chi connectivity index (χ0v) is 12.7. The van der Waals surface area contributed by atoms with Crippen molar-refractivity contribution >= 4 is 5.91 Å². The molecule has 0 saturated heterocycles. The van der Waals surface area contributed by atoms with Crippen LogP contribution in [0.2, 0.25) is 0 Å². The van der Waals surface area contributed by atoms with Gasteiger partial charge in [-0.25, -0.2) is 0 Å². The third-order valence-corrected chi connectivity index (χ3v) is 3.38. The summed E-state index contributed by atoms with van der Waals surface area (Å²) in [6, 6.07) is 0. The maximum atomic E-state index is 12.8. The summed E-state index contributed by atoms with van der Waals surface area (Å²) in [4.78, 5) is 13.4. The van der Waals surface area contributed by atoms with Gasteiger partial charge in [-0.1, -0.05) is 39.5 Å². The first-order valence-electron chi connectivity index (χ1n) is 7.33. The lowest BCUT2D eigenvalue weighted by Crippen LogP contribution is -2.62. The van der Waals surface area contributed by atoms with E-state index in [4.69, 9.17) is 5.73 Å². The maximum Gasteiger partial charge on any atom is 0.415 e. The molecular formula is C14H27F3N2O. The average Bonchev–Trinajstić information content (AvgIpc) is 2.35. The van der Waals surface area contributed by atoms with E-state index in [1.807, 2.05) is 13.8 Å². The number of halogens is 3. The number of amides is 1. The van der Waals surface area contributed by atoms with Crippen molar-refractivity contribution in [1.82, 2.24) is 4.90 Å². The van der Waals surface area contributed by atoms with Crippen molar-refractivity contribution in [3.05, 3.63) is 0 Å². The molecule has 0 aromatic heterocycles. The van der Waals surface area contributed by atoms with Gasteiger partial charge in [0.05, 0.1) is 0 Å². The molecule has 0 radical (unpaired) electrons. The molecule has 1 unspecified atom stereocenters. The van der Waals surface area contributed by atoms with Crippen molar-refractivity contribution in [3.63, 3.8) is 0 Å². The van der Waals surface area contributed by atoms with Crippen LogP contribution in [-0.4, -0.2) is 35.6 Å². The Hall–Kier alpha value is -0.780. The summed E-state index contributed by atoms with van der Waals surface area (Å²) in [6.45, 7) is 5.46. The fourth-order valence-electron chi connectivity index (χ4n) is 1.87. The number of rotatable bonds is 9. The molecular weight excluding hydrogens is 269 g/mol. The lowest BCUT2D eigenvalue weighted by molar-refractivity contribution is -0.193. The molecule has 3 nitrogen and oxygen atoms in total. The van der Waals surface area contributed by atoms with Gasteiger partial charge >= 0.3 is 6.18 Å². The van der Waals surface area contributed by atoms with Gasteiger partial charge in [0.15, 0.2) is 5.54 Å². The Morgan fingerprint density at radius 1 is 1.00 bits per heavy atom. The summed E-state index contributed by atoms with van der Waals surface area (Å²) in [5.41, 5.74) is 2.43. The number of unbranched alkanes of at least 4 members (excludes halogenated alkanes) is 4. The van der Waals surface area contributed by atoms with Crippen LogP contribution in [0.25, 0.3) is 0 Å². The zero-order chi connectivity index (χ0) is 15.8. The lowest BCUT2D eigenvalue weighted by Gasteiger charge is -2.33. The monoisotopic (exact) mass is 296 g/mol. The Labute approximate surface area is 119 Å². The van der Waals surface area contributed by atoms with Crippen LogP contribution in [0.5, 0.6) is 0 Å². The van der Waals surface area contributed by atoms with Crippen LogP contribution in [0, 0.1) is 0 Å². The van der Waals surface area contributed by atoms with Gasteiger partial charge in [-0.3, -0.25) is 4.79 Å². The first kappa shape index (κ1) is 19.2. The van der Waals surface area contributed by atoms with Crippen molar-refractivity contribution in [2.75, 3.05) is 13.1 Å². The first-order chi connectivity index (χ1) is 9.18. The molecule has 0 saturated carbocycles. The highest BCUT2D eigenvalue weighted by molar-refractivity contribution is 5.86. The molecule has 0 aromatic carbocycles. The minimum Gasteiger partial charge on any atom is -0.341 e. The summed E-state index contributed by atoms with van der Waals surface area (Å²) >= 11 is 0. The average molecular weight is 296 g/mol. The second-order valence-electron chi connectivity index (χ2n) is 5.41. The molecule has 0 fully saturated rings. The molecule has 2 N–H and O–H groups in total. The van der Waals surface area contributed by atoms with Gasteiger partial charge < -0.3 is 10.6 Å². The van der Waals surface area contributed by atoms with Crippen molar-refractivity contribution in [2.24, 2.45) is 5.73 Å². The van der Waals surface area contributed by atoms with Crippen LogP contribution in [0.4, 0.5) is 13.2 Å². The van der Waals surface area contributed by atoms with Gasteiger partial charge in [0.25, 0.3) is 5.91 Å². The third kappa shape index (κ3) is 5.69. The van der Waals surface area contributed by atoms with Crippen LogP contribution in [0.3, 0.4) is 0 Å². The smallest absolute Gasteiger partial charge is 0.341 e. The van der Waals surface area contributed by atoms with Crippen molar-refractivity contribution in [2.45, 2.75) is 71.0 Å². The zero-order valence-electron chi connectivity index (χ0n) is 12.7. The fourth-order valence-corrected chi connectivity index (χ4v) is 1.87. The molecule has 6 heteroatoms. The summed E-state index contributed by atoms with van der Waals surface area (Å²) in [7, 11) is 0. The molecule has 0 aliphatic carbocycles. The SMILES string of the molecule is CCCCCN(CCCCC)C(=O)C(C)(N)C(F)(F)F.